The number of nitrogens with one attached hydrogen (secondary N) is 1. The summed E-state index contributed by atoms with van der Waals surface area (Å²) in [6, 6.07) is 9.41. The molecule has 0 fully saturated rings. The molecule has 7 nitrogen and oxygen atoms in total. The molecule has 2 aromatic rings. The van der Waals surface area contributed by atoms with Crippen LogP contribution in [0.5, 0.6) is 6.01 Å². The quantitative estimate of drug-likeness (QED) is 0.857. The van der Waals surface area contributed by atoms with Gasteiger partial charge in [-0.05, 0) is 51.2 Å². The maximum Gasteiger partial charge on any atom is 0.326 e. The van der Waals surface area contributed by atoms with E-state index < -0.39 is 5.97 Å². The molecule has 1 aliphatic rings. The Hall–Kier alpha value is -2.98. The lowest BCUT2D eigenvalue weighted by Crippen LogP contribution is -2.19. The second-order valence-electron chi connectivity index (χ2n) is 6.14. The van der Waals surface area contributed by atoms with Crippen molar-refractivity contribution in [2.75, 3.05) is 19.4 Å². The summed E-state index contributed by atoms with van der Waals surface area (Å²) in [4.78, 5) is 22.2. The third-order valence-corrected chi connectivity index (χ3v) is 4.14. The van der Waals surface area contributed by atoms with Gasteiger partial charge in [-0.15, -0.1) is 0 Å². The van der Waals surface area contributed by atoms with Gasteiger partial charge in [0.1, 0.15) is 5.82 Å². The minimum Gasteiger partial charge on any atom is -0.391 e. The van der Waals surface area contributed by atoms with Crippen LogP contribution in [-0.2, 0) is 11.2 Å². The molecule has 1 heterocycles. The van der Waals surface area contributed by atoms with Crippen molar-refractivity contribution < 1.29 is 9.53 Å². The van der Waals surface area contributed by atoms with Crippen molar-refractivity contribution in [1.29, 1.82) is 5.26 Å². The van der Waals surface area contributed by atoms with Crippen molar-refractivity contribution >= 4 is 17.5 Å². The third-order valence-electron chi connectivity index (χ3n) is 4.14. The van der Waals surface area contributed by atoms with Crippen molar-refractivity contribution in [2.24, 2.45) is 0 Å². The van der Waals surface area contributed by atoms with Gasteiger partial charge in [-0.1, -0.05) is 0 Å². The van der Waals surface area contributed by atoms with Crippen LogP contribution in [0.25, 0.3) is 0 Å². The highest BCUT2D eigenvalue weighted by Crippen LogP contribution is 2.38. The van der Waals surface area contributed by atoms with E-state index in [1.807, 2.05) is 26.2 Å². The first-order chi connectivity index (χ1) is 12.0. The Balaban J connectivity index is 1.99. The normalized spacial score (nSPS) is 15.6. The lowest BCUT2D eigenvalue weighted by atomic mass is 10.2. The molecule has 0 spiro atoms. The van der Waals surface area contributed by atoms with Crippen LogP contribution >= 0.6 is 0 Å². The summed E-state index contributed by atoms with van der Waals surface area (Å²) in [5.74, 6) is 0.180. The maximum absolute atomic E-state index is 11.3. The Bertz CT molecular complexity index is 840. The van der Waals surface area contributed by atoms with Gasteiger partial charge in [-0.25, -0.2) is 0 Å². The Morgan fingerprint density at radius 1 is 1.32 bits per heavy atom. The lowest BCUT2D eigenvalue weighted by molar-refractivity contribution is -0.132. The van der Waals surface area contributed by atoms with Crippen LogP contribution in [0.15, 0.2) is 24.3 Å². The third kappa shape index (κ3) is 3.59. The maximum atomic E-state index is 11.3. The molecule has 0 bridgehead atoms. The van der Waals surface area contributed by atoms with Crippen LogP contribution in [0.3, 0.4) is 0 Å². The number of hydrogen-bond donors (Lipinski definition) is 1. The monoisotopic (exact) mass is 337 g/mol. The van der Waals surface area contributed by atoms with E-state index in [0.29, 0.717) is 11.4 Å². The summed E-state index contributed by atoms with van der Waals surface area (Å²) in [5.41, 5.74) is 3.31. The molecule has 25 heavy (non-hydrogen) atoms. The molecular formula is C18H19N5O2. The number of hydrogen-bond acceptors (Lipinski definition) is 7. The predicted molar refractivity (Wildman–Crippen MR) is 92.5 cm³/mol. The molecule has 0 aliphatic heterocycles. The summed E-state index contributed by atoms with van der Waals surface area (Å²) in [5, 5.41) is 12.2. The van der Waals surface area contributed by atoms with Gasteiger partial charge < -0.3 is 15.0 Å². The van der Waals surface area contributed by atoms with Crippen molar-refractivity contribution in [3.63, 3.8) is 0 Å². The zero-order valence-corrected chi connectivity index (χ0v) is 14.4. The molecule has 128 valence electrons. The molecule has 1 N–H and O–H groups in total. The molecule has 1 unspecified atom stereocenters. The topological polar surface area (TPSA) is 91.1 Å². The fourth-order valence-corrected chi connectivity index (χ4v) is 2.97. The molecule has 1 aromatic carbocycles. The molecule has 1 aromatic heterocycles. The van der Waals surface area contributed by atoms with Crippen LogP contribution in [0.1, 0.15) is 36.2 Å². The first-order valence-electron chi connectivity index (χ1n) is 8.00. The number of aromatic nitrogens is 2. The molecular weight excluding hydrogens is 318 g/mol. The van der Waals surface area contributed by atoms with Crippen LogP contribution in [-0.4, -0.2) is 34.9 Å². The number of carbonyl (C=O) groups is 1. The molecule has 7 heteroatoms. The average Bonchev–Trinajstić information content (AvgIpc) is 2.99. The molecule has 0 saturated carbocycles. The number of nitriles is 1. The highest BCUT2D eigenvalue weighted by Gasteiger charge is 2.30. The van der Waals surface area contributed by atoms with E-state index >= 15 is 0 Å². The average molecular weight is 337 g/mol. The van der Waals surface area contributed by atoms with Crippen molar-refractivity contribution in [2.45, 2.75) is 25.8 Å². The number of anilines is 2. The van der Waals surface area contributed by atoms with Gasteiger partial charge in [0, 0.05) is 18.2 Å². The van der Waals surface area contributed by atoms with Gasteiger partial charge in [-0.3, -0.25) is 4.79 Å². The van der Waals surface area contributed by atoms with Gasteiger partial charge in [-0.2, -0.15) is 15.2 Å². The fourth-order valence-electron chi connectivity index (χ4n) is 2.97. The highest BCUT2D eigenvalue weighted by molar-refractivity contribution is 5.69. The summed E-state index contributed by atoms with van der Waals surface area (Å²) >= 11 is 0. The Morgan fingerprint density at radius 2 is 2.04 bits per heavy atom. The summed E-state index contributed by atoms with van der Waals surface area (Å²) in [6.45, 7) is 1.33. The second kappa shape index (κ2) is 6.87. The van der Waals surface area contributed by atoms with E-state index in [1.54, 1.807) is 12.1 Å². The van der Waals surface area contributed by atoms with Crippen LogP contribution < -0.4 is 10.1 Å². The summed E-state index contributed by atoms with van der Waals surface area (Å²) in [7, 11) is 4.00. The minimum atomic E-state index is -0.455. The standard InChI is InChI=1S/C18H19N5O2/c1-11(24)25-18-21-16-14(8-9-15(16)23(2)3)17(22-18)20-13-6-4-12(10-19)5-7-13/h4-7,15H,8-9H2,1-3H3,(H,20,21,22). The number of rotatable bonds is 4. The van der Waals surface area contributed by atoms with E-state index in [-0.39, 0.29) is 12.1 Å². The minimum absolute atomic E-state index is 0.0520. The fraction of sp³-hybridized carbons (Fsp3) is 0.333. The van der Waals surface area contributed by atoms with Gasteiger partial charge in [0.2, 0.25) is 0 Å². The molecule has 3 rings (SSSR count). The highest BCUT2D eigenvalue weighted by atomic mass is 16.5. The Kier molecular flexibility index (Phi) is 4.63. The lowest BCUT2D eigenvalue weighted by Gasteiger charge is -2.19. The number of nitrogens with zero attached hydrogens (tertiary/aromatic N) is 4. The summed E-state index contributed by atoms with van der Waals surface area (Å²) in [6.07, 6.45) is 1.78. The first-order valence-corrected chi connectivity index (χ1v) is 8.00. The van der Waals surface area contributed by atoms with E-state index in [0.717, 1.165) is 29.8 Å². The van der Waals surface area contributed by atoms with Gasteiger partial charge in [0.05, 0.1) is 23.4 Å². The van der Waals surface area contributed by atoms with E-state index in [2.05, 4.69) is 26.3 Å². The van der Waals surface area contributed by atoms with E-state index in [9.17, 15) is 4.79 Å². The molecule has 0 amide bonds. The number of benzene rings is 1. The Labute approximate surface area is 146 Å². The van der Waals surface area contributed by atoms with Crippen molar-refractivity contribution in [3.8, 4) is 12.1 Å². The predicted octanol–water partition coefficient (Wildman–Crippen LogP) is 2.57. The first kappa shape index (κ1) is 16.9. The number of fused-ring (bicyclic) bond motifs is 1. The number of esters is 1. The largest absolute Gasteiger partial charge is 0.391 e. The molecule has 0 saturated heterocycles. The zero-order chi connectivity index (χ0) is 18.0. The smallest absolute Gasteiger partial charge is 0.326 e. The molecule has 0 radical (unpaired) electrons. The summed E-state index contributed by atoms with van der Waals surface area (Å²) < 4.78 is 5.12. The van der Waals surface area contributed by atoms with Crippen LogP contribution in [0.4, 0.5) is 11.5 Å². The molecule has 1 aliphatic carbocycles. The SMILES string of the molecule is CC(=O)Oc1nc(Nc2ccc(C#N)cc2)c2c(n1)C(N(C)C)CC2. The van der Waals surface area contributed by atoms with E-state index in [1.165, 1.54) is 6.92 Å². The van der Waals surface area contributed by atoms with Gasteiger partial charge >= 0.3 is 12.0 Å². The number of ether oxygens (including phenoxy) is 1. The second-order valence-corrected chi connectivity index (χ2v) is 6.14. The van der Waals surface area contributed by atoms with Crippen LogP contribution in [0, 0.1) is 11.3 Å². The molecule has 1 atom stereocenters. The van der Waals surface area contributed by atoms with Gasteiger partial charge in [0.15, 0.2) is 0 Å². The zero-order valence-electron chi connectivity index (χ0n) is 14.4. The number of carbonyl (C=O) groups excluding carboxylic acids is 1. The van der Waals surface area contributed by atoms with Gasteiger partial charge in [0.25, 0.3) is 0 Å². The van der Waals surface area contributed by atoms with Crippen LogP contribution in [0.2, 0.25) is 0 Å². The van der Waals surface area contributed by atoms with Crippen molar-refractivity contribution in [1.82, 2.24) is 14.9 Å². The van der Waals surface area contributed by atoms with Crippen molar-refractivity contribution in [3.05, 3.63) is 41.1 Å². The Morgan fingerprint density at radius 3 is 2.64 bits per heavy atom. The van der Waals surface area contributed by atoms with E-state index in [4.69, 9.17) is 10.00 Å².